The van der Waals surface area contributed by atoms with Gasteiger partial charge in [-0.2, -0.15) is 13.2 Å². The first-order valence-corrected chi connectivity index (χ1v) is 5.03. The summed E-state index contributed by atoms with van der Waals surface area (Å²) in [5.41, 5.74) is 4.60. The molecule has 0 aromatic heterocycles. The summed E-state index contributed by atoms with van der Waals surface area (Å²) in [5.74, 6) is -0.394. The molecular weight excluding hydrogens is 233 g/mol. The third-order valence-electron chi connectivity index (χ3n) is 2.28. The number of amides is 1. The monoisotopic (exact) mass is 246 g/mol. The van der Waals surface area contributed by atoms with Crippen molar-refractivity contribution in [1.29, 1.82) is 0 Å². The Balaban J connectivity index is 2.99. The average molecular weight is 246 g/mol. The van der Waals surface area contributed by atoms with Gasteiger partial charge in [0.05, 0.1) is 5.56 Å². The number of carbonyl (C=O) groups excluding carboxylic acids is 1. The second-order valence-electron chi connectivity index (χ2n) is 3.56. The molecule has 1 amide bonds. The van der Waals surface area contributed by atoms with E-state index in [1.54, 1.807) is 0 Å². The van der Waals surface area contributed by atoms with Crippen LogP contribution in [0.4, 0.5) is 18.9 Å². The second kappa shape index (κ2) is 5.18. The molecule has 0 aliphatic carbocycles. The molecule has 0 heterocycles. The zero-order valence-electron chi connectivity index (χ0n) is 9.27. The van der Waals surface area contributed by atoms with Gasteiger partial charge in [0, 0.05) is 18.7 Å². The van der Waals surface area contributed by atoms with Gasteiger partial charge in [-0.05, 0) is 24.6 Å². The number of nitrogens with one attached hydrogen (secondary N) is 1. The van der Waals surface area contributed by atoms with Gasteiger partial charge in [0.25, 0.3) is 0 Å². The minimum atomic E-state index is -4.42. The fourth-order valence-electron chi connectivity index (χ4n) is 1.42. The van der Waals surface area contributed by atoms with E-state index >= 15 is 0 Å². The van der Waals surface area contributed by atoms with Crippen molar-refractivity contribution >= 4 is 11.6 Å². The van der Waals surface area contributed by atoms with E-state index in [1.165, 1.54) is 19.1 Å². The van der Waals surface area contributed by atoms with Crippen LogP contribution in [0.3, 0.4) is 0 Å². The van der Waals surface area contributed by atoms with Crippen molar-refractivity contribution in [3.8, 4) is 0 Å². The van der Waals surface area contributed by atoms with Gasteiger partial charge in [-0.3, -0.25) is 4.79 Å². The maximum atomic E-state index is 12.6. The van der Waals surface area contributed by atoms with E-state index in [9.17, 15) is 18.0 Å². The molecular formula is C11H13F3N2O. The third-order valence-corrected chi connectivity index (χ3v) is 2.28. The van der Waals surface area contributed by atoms with Crippen LogP contribution in [0.15, 0.2) is 18.2 Å². The predicted octanol–water partition coefficient (Wildman–Crippen LogP) is 2.30. The van der Waals surface area contributed by atoms with E-state index in [0.717, 1.165) is 6.07 Å². The topological polar surface area (TPSA) is 55.1 Å². The van der Waals surface area contributed by atoms with Crippen LogP contribution < -0.4 is 11.1 Å². The Hall–Kier alpha value is -1.56. The van der Waals surface area contributed by atoms with Crippen LogP contribution >= 0.6 is 0 Å². The van der Waals surface area contributed by atoms with Crippen molar-refractivity contribution < 1.29 is 18.0 Å². The number of carbonyl (C=O) groups is 1. The number of rotatable bonds is 3. The summed E-state index contributed by atoms with van der Waals surface area (Å²) in [6, 6.07) is 3.67. The van der Waals surface area contributed by atoms with Gasteiger partial charge in [0.15, 0.2) is 0 Å². The lowest BCUT2D eigenvalue weighted by molar-refractivity contribution is -0.138. The van der Waals surface area contributed by atoms with Crippen molar-refractivity contribution in [2.75, 3.05) is 11.9 Å². The highest BCUT2D eigenvalue weighted by atomic mass is 19.4. The fraction of sp³-hybridized carbons (Fsp3) is 0.364. The molecule has 17 heavy (non-hydrogen) atoms. The minimum absolute atomic E-state index is 0.00497. The first-order chi connectivity index (χ1) is 7.86. The van der Waals surface area contributed by atoms with Gasteiger partial charge >= 0.3 is 6.18 Å². The van der Waals surface area contributed by atoms with Gasteiger partial charge in [0.1, 0.15) is 0 Å². The van der Waals surface area contributed by atoms with Crippen LogP contribution in [0.25, 0.3) is 0 Å². The van der Waals surface area contributed by atoms with Gasteiger partial charge in [-0.15, -0.1) is 0 Å². The number of anilines is 1. The van der Waals surface area contributed by atoms with E-state index in [-0.39, 0.29) is 24.2 Å². The smallest absolute Gasteiger partial charge is 0.330 e. The largest absolute Gasteiger partial charge is 0.416 e. The molecule has 3 N–H and O–H groups in total. The highest BCUT2D eigenvalue weighted by Gasteiger charge is 2.32. The molecule has 0 fully saturated rings. The predicted molar refractivity (Wildman–Crippen MR) is 58.5 cm³/mol. The highest BCUT2D eigenvalue weighted by molar-refractivity contribution is 5.91. The van der Waals surface area contributed by atoms with E-state index in [4.69, 9.17) is 5.73 Å². The summed E-state index contributed by atoms with van der Waals surface area (Å²) >= 11 is 0. The lowest BCUT2D eigenvalue weighted by atomic mass is 10.1. The first-order valence-electron chi connectivity index (χ1n) is 5.03. The normalized spacial score (nSPS) is 11.4. The Labute approximate surface area is 96.8 Å². The molecule has 0 saturated carbocycles. The Morgan fingerprint density at radius 1 is 1.41 bits per heavy atom. The molecule has 0 saturated heterocycles. The standard InChI is InChI=1S/C11H13F3N2O/c1-7-8(11(12,13)14)3-2-4-9(7)16-10(17)5-6-15/h2-4H,5-6,15H2,1H3,(H,16,17). The lowest BCUT2D eigenvalue weighted by Crippen LogP contribution is -2.18. The highest BCUT2D eigenvalue weighted by Crippen LogP contribution is 2.34. The maximum absolute atomic E-state index is 12.6. The SMILES string of the molecule is Cc1c(NC(=O)CCN)cccc1C(F)(F)F. The molecule has 1 aromatic rings. The second-order valence-corrected chi connectivity index (χ2v) is 3.56. The van der Waals surface area contributed by atoms with E-state index < -0.39 is 17.6 Å². The van der Waals surface area contributed by atoms with E-state index in [0.29, 0.717) is 0 Å². The summed E-state index contributed by atoms with van der Waals surface area (Å²) in [7, 11) is 0. The van der Waals surface area contributed by atoms with E-state index in [2.05, 4.69) is 5.32 Å². The van der Waals surface area contributed by atoms with Crippen LogP contribution in [-0.2, 0) is 11.0 Å². The Bertz CT molecular complexity index is 416. The number of hydrogen-bond donors (Lipinski definition) is 2. The van der Waals surface area contributed by atoms with Crippen molar-refractivity contribution in [2.24, 2.45) is 5.73 Å². The molecule has 1 aromatic carbocycles. The third kappa shape index (κ3) is 3.45. The van der Waals surface area contributed by atoms with Crippen LogP contribution in [0.5, 0.6) is 0 Å². The Morgan fingerprint density at radius 2 is 2.06 bits per heavy atom. The van der Waals surface area contributed by atoms with Crippen molar-refractivity contribution in [3.05, 3.63) is 29.3 Å². The van der Waals surface area contributed by atoms with Crippen molar-refractivity contribution in [1.82, 2.24) is 0 Å². The number of hydrogen-bond acceptors (Lipinski definition) is 2. The molecule has 0 aliphatic heterocycles. The summed E-state index contributed by atoms with van der Waals surface area (Å²) in [6.45, 7) is 1.48. The summed E-state index contributed by atoms with van der Waals surface area (Å²) in [6.07, 6.45) is -4.34. The maximum Gasteiger partial charge on any atom is 0.416 e. The summed E-state index contributed by atoms with van der Waals surface area (Å²) < 4.78 is 37.7. The van der Waals surface area contributed by atoms with Crippen LogP contribution in [0.1, 0.15) is 17.5 Å². The first kappa shape index (κ1) is 13.5. The Morgan fingerprint density at radius 3 is 2.59 bits per heavy atom. The Kier molecular flexibility index (Phi) is 4.11. The zero-order valence-corrected chi connectivity index (χ0v) is 9.27. The molecule has 0 aliphatic rings. The van der Waals surface area contributed by atoms with E-state index in [1.807, 2.05) is 0 Å². The molecule has 1 rings (SSSR count). The van der Waals surface area contributed by atoms with Crippen molar-refractivity contribution in [2.45, 2.75) is 19.5 Å². The van der Waals surface area contributed by atoms with Crippen LogP contribution in [0.2, 0.25) is 0 Å². The molecule has 0 unspecified atom stereocenters. The molecule has 0 radical (unpaired) electrons. The van der Waals surface area contributed by atoms with Gasteiger partial charge in [-0.1, -0.05) is 6.07 Å². The molecule has 3 nitrogen and oxygen atoms in total. The quantitative estimate of drug-likeness (QED) is 0.859. The van der Waals surface area contributed by atoms with Gasteiger partial charge in [-0.25, -0.2) is 0 Å². The lowest BCUT2D eigenvalue weighted by Gasteiger charge is -2.14. The molecule has 0 spiro atoms. The number of alkyl halides is 3. The number of benzene rings is 1. The van der Waals surface area contributed by atoms with Gasteiger partial charge in [0.2, 0.25) is 5.91 Å². The molecule has 94 valence electrons. The summed E-state index contributed by atoms with van der Waals surface area (Å²) in [5, 5.41) is 2.40. The van der Waals surface area contributed by atoms with Crippen molar-refractivity contribution in [3.63, 3.8) is 0 Å². The number of halogens is 3. The fourth-order valence-corrected chi connectivity index (χ4v) is 1.42. The minimum Gasteiger partial charge on any atom is -0.330 e. The molecule has 0 atom stereocenters. The van der Waals surface area contributed by atoms with Crippen LogP contribution in [0, 0.1) is 6.92 Å². The zero-order chi connectivity index (χ0) is 13.1. The average Bonchev–Trinajstić information content (AvgIpc) is 2.19. The van der Waals surface area contributed by atoms with Gasteiger partial charge < -0.3 is 11.1 Å². The van der Waals surface area contributed by atoms with Crippen LogP contribution in [-0.4, -0.2) is 12.5 Å². The molecule has 0 bridgehead atoms. The number of nitrogens with two attached hydrogens (primary N) is 1. The summed E-state index contributed by atoms with van der Waals surface area (Å²) in [4.78, 5) is 11.3. The molecule has 6 heteroatoms.